The number of aromatic amines is 1. The maximum absolute atomic E-state index is 4.68. The zero-order valence-electron chi connectivity index (χ0n) is 18.5. The van der Waals surface area contributed by atoms with Crippen LogP contribution >= 0.6 is 0 Å². The van der Waals surface area contributed by atoms with Gasteiger partial charge in [0.25, 0.3) is 0 Å². The van der Waals surface area contributed by atoms with E-state index in [2.05, 4.69) is 78.4 Å². The zero-order valence-corrected chi connectivity index (χ0v) is 18.5. The average Bonchev–Trinajstić information content (AvgIpc) is 3.55. The van der Waals surface area contributed by atoms with E-state index in [1.165, 1.54) is 0 Å². The molecule has 3 aromatic heterocycles. The van der Waals surface area contributed by atoms with Gasteiger partial charge in [-0.15, -0.1) is 0 Å². The first kappa shape index (κ1) is 19.8. The van der Waals surface area contributed by atoms with Crippen molar-refractivity contribution in [2.75, 3.05) is 20.1 Å². The van der Waals surface area contributed by atoms with Gasteiger partial charge in [0.05, 0.1) is 35.3 Å². The van der Waals surface area contributed by atoms with Gasteiger partial charge in [0.1, 0.15) is 6.33 Å². The first-order valence-electron chi connectivity index (χ1n) is 11.3. The van der Waals surface area contributed by atoms with Crippen LogP contribution in [0.15, 0.2) is 73.4 Å². The summed E-state index contributed by atoms with van der Waals surface area (Å²) >= 11 is 0. The molecule has 7 heteroatoms. The summed E-state index contributed by atoms with van der Waals surface area (Å²) in [6, 6.07) is 17.1. The number of rotatable bonds is 4. The molecule has 33 heavy (non-hydrogen) atoms. The second-order valence-electron chi connectivity index (χ2n) is 8.72. The molecule has 164 valence electrons. The minimum Gasteiger partial charge on any atom is -0.306 e. The fourth-order valence-electron chi connectivity index (χ4n) is 4.69. The minimum atomic E-state index is 0.473. The standard InChI is InChI=1S/C26H25N7/c1-32-11-9-21(10-12-32)33-16-20(14-30-33)19-7-8-22-24(13-19)27-17-28-25(22)26-23(15-29-31-26)18-5-3-2-4-6-18/h2-8,13-17,21H,9-12H2,1H3,(H,29,31). The van der Waals surface area contributed by atoms with Crippen molar-refractivity contribution < 1.29 is 0 Å². The normalized spacial score (nSPS) is 15.3. The highest BCUT2D eigenvalue weighted by molar-refractivity contribution is 5.96. The summed E-state index contributed by atoms with van der Waals surface area (Å²) in [5.41, 5.74) is 7.01. The van der Waals surface area contributed by atoms with Crippen LogP contribution in [0, 0.1) is 0 Å². The Bertz CT molecular complexity index is 1390. The number of piperidine rings is 1. The molecule has 1 saturated heterocycles. The van der Waals surface area contributed by atoms with Crippen LogP contribution in [0.5, 0.6) is 0 Å². The fraction of sp³-hybridized carbons (Fsp3) is 0.231. The summed E-state index contributed by atoms with van der Waals surface area (Å²) in [5.74, 6) is 0. The lowest BCUT2D eigenvalue weighted by Crippen LogP contribution is -2.31. The van der Waals surface area contributed by atoms with Crippen LogP contribution in [0.3, 0.4) is 0 Å². The molecule has 1 aliphatic heterocycles. The second kappa shape index (κ2) is 8.26. The lowest BCUT2D eigenvalue weighted by molar-refractivity contribution is 0.212. The molecule has 0 bridgehead atoms. The second-order valence-corrected chi connectivity index (χ2v) is 8.72. The monoisotopic (exact) mass is 435 g/mol. The smallest absolute Gasteiger partial charge is 0.116 e. The lowest BCUT2D eigenvalue weighted by atomic mass is 10.0. The van der Waals surface area contributed by atoms with Gasteiger partial charge < -0.3 is 4.90 Å². The zero-order chi connectivity index (χ0) is 22.2. The maximum atomic E-state index is 4.68. The molecule has 0 unspecified atom stereocenters. The van der Waals surface area contributed by atoms with Crippen molar-refractivity contribution >= 4 is 10.9 Å². The van der Waals surface area contributed by atoms with Gasteiger partial charge in [-0.3, -0.25) is 9.78 Å². The van der Waals surface area contributed by atoms with E-state index < -0.39 is 0 Å². The molecule has 1 N–H and O–H groups in total. The van der Waals surface area contributed by atoms with E-state index in [0.29, 0.717) is 6.04 Å². The molecule has 0 atom stereocenters. The number of benzene rings is 2. The van der Waals surface area contributed by atoms with Crippen LogP contribution in [0.2, 0.25) is 0 Å². The van der Waals surface area contributed by atoms with Gasteiger partial charge in [-0.05, 0) is 56.2 Å². The largest absolute Gasteiger partial charge is 0.306 e. The Morgan fingerprint density at radius 1 is 0.909 bits per heavy atom. The van der Waals surface area contributed by atoms with Gasteiger partial charge in [0.15, 0.2) is 0 Å². The summed E-state index contributed by atoms with van der Waals surface area (Å²) in [5, 5.41) is 13.1. The van der Waals surface area contributed by atoms with Crippen molar-refractivity contribution in [2.45, 2.75) is 18.9 Å². The number of fused-ring (bicyclic) bond motifs is 1. The number of hydrogen-bond acceptors (Lipinski definition) is 5. The molecule has 0 amide bonds. The summed E-state index contributed by atoms with van der Waals surface area (Å²) < 4.78 is 2.13. The Labute approximate surface area is 192 Å². The van der Waals surface area contributed by atoms with Gasteiger partial charge in [-0.1, -0.05) is 36.4 Å². The number of hydrogen-bond donors (Lipinski definition) is 1. The third-order valence-corrected chi connectivity index (χ3v) is 6.59. The third-order valence-electron chi connectivity index (χ3n) is 6.59. The summed E-state index contributed by atoms with van der Waals surface area (Å²) in [4.78, 5) is 11.6. The molecule has 7 nitrogen and oxygen atoms in total. The van der Waals surface area contributed by atoms with Gasteiger partial charge in [-0.25, -0.2) is 9.97 Å². The Morgan fingerprint density at radius 3 is 2.61 bits per heavy atom. The molecule has 0 saturated carbocycles. The minimum absolute atomic E-state index is 0.473. The van der Waals surface area contributed by atoms with Crippen molar-refractivity contribution in [1.29, 1.82) is 0 Å². The van der Waals surface area contributed by atoms with Crippen molar-refractivity contribution in [3.63, 3.8) is 0 Å². The third kappa shape index (κ3) is 3.70. The lowest BCUT2D eigenvalue weighted by Gasteiger charge is -2.28. The van der Waals surface area contributed by atoms with Crippen molar-refractivity contribution in [3.8, 4) is 33.6 Å². The van der Waals surface area contributed by atoms with Crippen molar-refractivity contribution in [2.24, 2.45) is 0 Å². The van der Waals surface area contributed by atoms with Crippen molar-refractivity contribution in [1.82, 2.24) is 34.8 Å². The van der Waals surface area contributed by atoms with Gasteiger partial charge in [0.2, 0.25) is 0 Å². The predicted molar refractivity (Wildman–Crippen MR) is 130 cm³/mol. The number of aromatic nitrogens is 6. The van der Waals surface area contributed by atoms with E-state index in [4.69, 9.17) is 0 Å². The van der Waals surface area contributed by atoms with E-state index in [-0.39, 0.29) is 0 Å². The number of nitrogens with zero attached hydrogens (tertiary/aromatic N) is 6. The summed E-state index contributed by atoms with van der Waals surface area (Å²) in [6.07, 6.45) is 9.88. The van der Waals surface area contributed by atoms with Gasteiger partial charge in [0, 0.05) is 22.7 Å². The Hall–Kier alpha value is -3.84. The summed E-state index contributed by atoms with van der Waals surface area (Å²) in [7, 11) is 2.18. The van der Waals surface area contributed by atoms with Gasteiger partial charge >= 0.3 is 0 Å². The van der Waals surface area contributed by atoms with Crippen LogP contribution < -0.4 is 0 Å². The fourth-order valence-corrected chi connectivity index (χ4v) is 4.69. The highest BCUT2D eigenvalue weighted by Gasteiger charge is 2.19. The SMILES string of the molecule is CN1CCC(n2cc(-c3ccc4c(-c5[nH]ncc5-c5ccccc5)ncnc4c3)cn2)CC1. The predicted octanol–water partition coefficient (Wildman–Crippen LogP) is 4.82. The van der Waals surface area contributed by atoms with Crippen LogP contribution in [0.25, 0.3) is 44.5 Å². The molecule has 1 aliphatic rings. The first-order chi connectivity index (χ1) is 16.3. The quantitative estimate of drug-likeness (QED) is 0.438. The van der Waals surface area contributed by atoms with E-state index in [1.807, 2.05) is 30.6 Å². The van der Waals surface area contributed by atoms with Gasteiger partial charge in [-0.2, -0.15) is 10.2 Å². The molecule has 4 heterocycles. The topological polar surface area (TPSA) is 75.5 Å². The average molecular weight is 436 g/mol. The van der Waals surface area contributed by atoms with Crippen LogP contribution in [0.4, 0.5) is 0 Å². The molecular formula is C26H25N7. The van der Waals surface area contributed by atoms with E-state index >= 15 is 0 Å². The van der Waals surface area contributed by atoms with Crippen LogP contribution in [0.1, 0.15) is 18.9 Å². The first-order valence-corrected chi connectivity index (χ1v) is 11.3. The maximum Gasteiger partial charge on any atom is 0.116 e. The number of likely N-dealkylation sites (tertiary alicyclic amines) is 1. The molecular weight excluding hydrogens is 410 g/mol. The van der Waals surface area contributed by atoms with Crippen molar-refractivity contribution in [3.05, 3.63) is 73.4 Å². The van der Waals surface area contributed by atoms with Crippen LogP contribution in [-0.2, 0) is 0 Å². The number of H-pyrrole nitrogens is 1. The molecule has 0 aliphatic carbocycles. The Kier molecular flexibility index (Phi) is 4.96. The molecule has 0 radical (unpaired) electrons. The molecule has 1 fully saturated rings. The Balaban J connectivity index is 1.35. The Morgan fingerprint density at radius 2 is 1.76 bits per heavy atom. The molecule has 2 aromatic carbocycles. The highest BCUT2D eigenvalue weighted by atomic mass is 15.3. The van der Waals surface area contributed by atoms with E-state index in [9.17, 15) is 0 Å². The van der Waals surface area contributed by atoms with E-state index in [1.54, 1.807) is 6.33 Å². The van der Waals surface area contributed by atoms with E-state index in [0.717, 1.165) is 70.5 Å². The van der Waals surface area contributed by atoms with Crippen LogP contribution in [-0.4, -0.2) is 55.0 Å². The number of nitrogens with one attached hydrogen (secondary N) is 1. The molecule has 5 aromatic rings. The molecule has 6 rings (SSSR count). The molecule has 0 spiro atoms. The highest BCUT2D eigenvalue weighted by Crippen LogP contribution is 2.34. The summed E-state index contributed by atoms with van der Waals surface area (Å²) in [6.45, 7) is 2.24.